The first-order valence-corrected chi connectivity index (χ1v) is 13.0. The van der Waals surface area contributed by atoms with Crippen molar-refractivity contribution in [1.29, 1.82) is 0 Å². The van der Waals surface area contributed by atoms with Gasteiger partial charge < -0.3 is 15.5 Å². The molecule has 3 aromatic rings. The minimum Gasteiger partial charge on any atom is -0.370 e. The van der Waals surface area contributed by atoms with Crippen LogP contribution >= 0.6 is 0 Å². The highest BCUT2D eigenvalue weighted by Crippen LogP contribution is 2.27. The molecule has 0 aromatic heterocycles. The standard InChI is InChI=1S/C30H34F2N4O2/c1-21(2)29(37)34-25-12-13-28(26(18-25)30(38)33-19-22-8-10-24(31)11-9-22)36-15-5-14-35(16-17-36)20-23-6-3-4-7-27(23)32/h3-4,6-13,18,21H,5,14-17,19-20H2,1-2H3,(H,33,38)(H,34,37). The van der Waals surface area contributed by atoms with Crippen molar-refractivity contribution >= 4 is 23.2 Å². The number of hydrogen-bond donors (Lipinski definition) is 2. The normalized spacial score (nSPS) is 14.3. The number of benzene rings is 3. The third kappa shape index (κ3) is 7.16. The molecule has 0 unspecified atom stereocenters. The highest BCUT2D eigenvalue weighted by atomic mass is 19.1. The Kier molecular flexibility index (Phi) is 9.07. The Labute approximate surface area is 222 Å². The summed E-state index contributed by atoms with van der Waals surface area (Å²) in [6, 6.07) is 18.2. The maximum atomic E-state index is 14.2. The predicted molar refractivity (Wildman–Crippen MR) is 146 cm³/mol. The van der Waals surface area contributed by atoms with Crippen LogP contribution in [0, 0.1) is 17.6 Å². The van der Waals surface area contributed by atoms with Gasteiger partial charge in [0.05, 0.1) is 5.56 Å². The Morgan fingerprint density at radius 3 is 2.42 bits per heavy atom. The summed E-state index contributed by atoms with van der Waals surface area (Å²) in [7, 11) is 0. The van der Waals surface area contributed by atoms with E-state index in [1.54, 1.807) is 24.3 Å². The second kappa shape index (κ2) is 12.6. The van der Waals surface area contributed by atoms with E-state index in [0.717, 1.165) is 37.3 Å². The fourth-order valence-corrected chi connectivity index (χ4v) is 4.48. The lowest BCUT2D eigenvalue weighted by Gasteiger charge is -2.26. The summed E-state index contributed by atoms with van der Waals surface area (Å²) < 4.78 is 27.5. The fraction of sp³-hybridized carbons (Fsp3) is 0.333. The van der Waals surface area contributed by atoms with Gasteiger partial charge in [-0.05, 0) is 48.4 Å². The van der Waals surface area contributed by atoms with E-state index in [-0.39, 0.29) is 35.9 Å². The average molecular weight is 521 g/mol. The molecule has 8 heteroatoms. The first-order chi connectivity index (χ1) is 18.3. The molecule has 38 heavy (non-hydrogen) atoms. The highest BCUT2D eigenvalue weighted by Gasteiger charge is 2.22. The number of rotatable bonds is 8. The maximum absolute atomic E-state index is 14.2. The van der Waals surface area contributed by atoms with Crippen LogP contribution in [-0.4, -0.2) is 42.9 Å². The molecule has 1 fully saturated rings. The largest absolute Gasteiger partial charge is 0.370 e. The topological polar surface area (TPSA) is 64.7 Å². The van der Waals surface area contributed by atoms with E-state index < -0.39 is 0 Å². The monoisotopic (exact) mass is 520 g/mol. The summed E-state index contributed by atoms with van der Waals surface area (Å²) >= 11 is 0. The third-order valence-electron chi connectivity index (χ3n) is 6.68. The first kappa shape index (κ1) is 27.3. The molecule has 0 radical (unpaired) electrons. The SMILES string of the molecule is CC(C)C(=O)Nc1ccc(N2CCCN(Cc3ccccc3F)CC2)c(C(=O)NCc2ccc(F)cc2)c1. The van der Waals surface area contributed by atoms with Gasteiger partial charge in [-0.2, -0.15) is 0 Å². The zero-order chi connectivity index (χ0) is 27.1. The van der Waals surface area contributed by atoms with Crippen molar-refractivity contribution in [3.8, 4) is 0 Å². The van der Waals surface area contributed by atoms with Crippen LogP contribution in [0.4, 0.5) is 20.2 Å². The Balaban J connectivity index is 1.52. The van der Waals surface area contributed by atoms with E-state index in [1.165, 1.54) is 18.2 Å². The summed E-state index contributed by atoms with van der Waals surface area (Å²) in [5.41, 5.74) is 3.24. The fourth-order valence-electron chi connectivity index (χ4n) is 4.48. The summed E-state index contributed by atoms with van der Waals surface area (Å²) in [5.74, 6) is -1.14. The van der Waals surface area contributed by atoms with Crippen LogP contribution in [0.3, 0.4) is 0 Å². The molecule has 200 valence electrons. The molecule has 1 saturated heterocycles. The quantitative estimate of drug-likeness (QED) is 0.429. The van der Waals surface area contributed by atoms with E-state index in [4.69, 9.17) is 0 Å². The van der Waals surface area contributed by atoms with Crippen LogP contribution < -0.4 is 15.5 Å². The summed E-state index contributed by atoms with van der Waals surface area (Å²) in [4.78, 5) is 30.1. The lowest BCUT2D eigenvalue weighted by atomic mass is 10.1. The molecular weight excluding hydrogens is 486 g/mol. The third-order valence-corrected chi connectivity index (χ3v) is 6.68. The number of nitrogens with one attached hydrogen (secondary N) is 2. The molecule has 0 saturated carbocycles. The van der Waals surface area contributed by atoms with Crippen LogP contribution in [0.2, 0.25) is 0 Å². The summed E-state index contributed by atoms with van der Waals surface area (Å²) in [5, 5.41) is 5.80. The predicted octanol–water partition coefficient (Wildman–Crippen LogP) is 5.20. The van der Waals surface area contributed by atoms with Gasteiger partial charge in [-0.25, -0.2) is 8.78 Å². The number of amides is 2. The molecule has 3 aromatic carbocycles. The first-order valence-electron chi connectivity index (χ1n) is 13.0. The van der Waals surface area contributed by atoms with Gasteiger partial charge in [0, 0.05) is 62.1 Å². The molecular formula is C30H34F2N4O2. The van der Waals surface area contributed by atoms with Gasteiger partial charge in [0.25, 0.3) is 5.91 Å². The van der Waals surface area contributed by atoms with E-state index >= 15 is 0 Å². The zero-order valence-corrected chi connectivity index (χ0v) is 21.8. The second-order valence-corrected chi connectivity index (χ2v) is 9.89. The average Bonchev–Trinajstić information content (AvgIpc) is 3.15. The van der Waals surface area contributed by atoms with Gasteiger partial charge in [0.2, 0.25) is 5.91 Å². The Hall–Kier alpha value is -3.78. The van der Waals surface area contributed by atoms with E-state index in [0.29, 0.717) is 29.9 Å². The van der Waals surface area contributed by atoms with E-state index in [1.807, 2.05) is 38.1 Å². The van der Waals surface area contributed by atoms with Gasteiger partial charge in [-0.15, -0.1) is 0 Å². The van der Waals surface area contributed by atoms with Crippen molar-refractivity contribution in [3.63, 3.8) is 0 Å². The lowest BCUT2D eigenvalue weighted by molar-refractivity contribution is -0.118. The van der Waals surface area contributed by atoms with Crippen LogP contribution in [0.25, 0.3) is 0 Å². The van der Waals surface area contributed by atoms with Crippen molar-refractivity contribution in [2.75, 3.05) is 36.4 Å². The van der Waals surface area contributed by atoms with Gasteiger partial charge in [-0.3, -0.25) is 14.5 Å². The molecule has 2 amide bonds. The minimum atomic E-state index is -0.332. The smallest absolute Gasteiger partial charge is 0.253 e. The number of carbonyl (C=O) groups excluding carboxylic acids is 2. The molecule has 4 rings (SSSR count). The number of nitrogens with zero attached hydrogens (tertiary/aromatic N) is 2. The molecule has 0 atom stereocenters. The van der Waals surface area contributed by atoms with Gasteiger partial charge in [-0.1, -0.05) is 44.2 Å². The van der Waals surface area contributed by atoms with Crippen LogP contribution in [0.1, 0.15) is 41.8 Å². The van der Waals surface area contributed by atoms with Gasteiger partial charge in [0.1, 0.15) is 11.6 Å². The second-order valence-electron chi connectivity index (χ2n) is 9.89. The molecule has 0 aliphatic carbocycles. The molecule has 1 heterocycles. The number of halogens is 2. The number of carbonyl (C=O) groups is 2. The number of anilines is 2. The molecule has 1 aliphatic heterocycles. The van der Waals surface area contributed by atoms with Crippen molar-refractivity contribution < 1.29 is 18.4 Å². The summed E-state index contributed by atoms with van der Waals surface area (Å²) in [6.45, 7) is 7.35. The lowest BCUT2D eigenvalue weighted by Crippen LogP contribution is -2.33. The van der Waals surface area contributed by atoms with E-state index in [9.17, 15) is 18.4 Å². The van der Waals surface area contributed by atoms with Gasteiger partial charge in [0.15, 0.2) is 0 Å². The van der Waals surface area contributed by atoms with Crippen molar-refractivity contribution in [2.24, 2.45) is 5.92 Å². The molecule has 1 aliphatic rings. The van der Waals surface area contributed by atoms with Crippen LogP contribution in [0.15, 0.2) is 66.7 Å². The minimum absolute atomic E-state index is 0.131. The van der Waals surface area contributed by atoms with Crippen LogP contribution in [-0.2, 0) is 17.9 Å². The van der Waals surface area contributed by atoms with Crippen molar-refractivity contribution in [3.05, 3.63) is 95.1 Å². The Morgan fingerprint density at radius 2 is 1.68 bits per heavy atom. The van der Waals surface area contributed by atoms with E-state index in [2.05, 4.69) is 20.4 Å². The van der Waals surface area contributed by atoms with Crippen LogP contribution in [0.5, 0.6) is 0 Å². The molecule has 2 N–H and O–H groups in total. The Morgan fingerprint density at radius 1 is 0.921 bits per heavy atom. The number of hydrogen-bond acceptors (Lipinski definition) is 4. The highest BCUT2D eigenvalue weighted by molar-refractivity contribution is 6.02. The zero-order valence-electron chi connectivity index (χ0n) is 21.8. The molecule has 0 bridgehead atoms. The Bertz CT molecular complexity index is 1260. The molecule has 0 spiro atoms. The van der Waals surface area contributed by atoms with Crippen molar-refractivity contribution in [1.82, 2.24) is 10.2 Å². The van der Waals surface area contributed by atoms with Crippen molar-refractivity contribution in [2.45, 2.75) is 33.4 Å². The van der Waals surface area contributed by atoms with Gasteiger partial charge >= 0.3 is 0 Å². The molecule has 6 nitrogen and oxygen atoms in total. The maximum Gasteiger partial charge on any atom is 0.253 e. The summed E-state index contributed by atoms with van der Waals surface area (Å²) in [6.07, 6.45) is 0.858.